The Kier molecular flexibility index (Phi) is 3.22. The second-order valence-corrected chi connectivity index (χ2v) is 5.42. The maximum atomic E-state index is 11.4. The zero-order chi connectivity index (χ0) is 14.2. The molecule has 1 aromatic rings. The van der Waals surface area contributed by atoms with Gasteiger partial charge in [-0.3, -0.25) is 9.59 Å². The molecule has 1 aliphatic rings. The lowest BCUT2D eigenvalue weighted by Gasteiger charge is -2.20. The van der Waals surface area contributed by atoms with Crippen LogP contribution in [0, 0.1) is 5.41 Å². The number of carboxylic acids is 1. The van der Waals surface area contributed by atoms with Crippen LogP contribution in [-0.4, -0.2) is 24.1 Å². The van der Waals surface area contributed by atoms with Gasteiger partial charge in [-0.05, 0) is 37.5 Å². The number of carbonyl (C=O) groups excluding carboxylic acids is 1. The number of rotatable bonds is 4. The standard InChI is InChI=1S/C14H17NO4/c1-14(2,13(17)18)7-8-4-9-6-11(16)15-12(9)10(5-8)19-3/h4-5H,6-7H2,1-3H3,(H,15,16)(H,17,18). The normalized spacial score (nSPS) is 13.9. The van der Waals surface area contributed by atoms with Gasteiger partial charge in [0.1, 0.15) is 5.75 Å². The Labute approximate surface area is 111 Å². The van der Waals surface area contributed by atoms with Gasteiger partial charge in [-0.2, -0.15) is 0 Å². The Morgan fingerprint density at radius 1 is 1.47 bits per heavy atom. The molecule has 1 aromatic carbocycles. The van der Waals surface area contributed by atoms with E-state index in [1.54, 1.807) is 19.9 Å². The van der Waals surface area contributed by atoms with Crippen LogP contribution < -0.4 is 10.1 Å². The third kappa shape index (κ3) is 2.54. The monoisotopic (exact) mass is 263 g/mol. The third-order valence-corrected chi connectivity index (χ3v) is 3.30. The number of carboxylic acid groups (broad SMARTS) is 1. The predicted octanol–water partition coefficient (Wildman–Crippen LogP) is 1.84. The van der Waals surface area contributed by atoms with E-state index in [2.05, 4.69) is 5.32 Å². The van der Waals surface area contributed by atoms with Gasteiger partial charge in [-0.15, -0.1) is 0 Å². The largest absolute Gasteiger partial charge is 0.495 e. The van der Waals surface area contributed by atoms with Crippen LogP contribution in [0.5, 0.6) is 5.75 Å². The SMILES string of the molecule is COc1cc(CC(C)(C)C(=O)O)cc2c1NC(=O)C2. The Morgan fingerprint density at radius 3 is 2.74 bits per heavy atom. The summed E-state index contributed by atoms with van der Waals surface area (Å²) in [6.07, 6.45) is 0.702. The quantitative estimate of drug-likeness (QED) is 0.869. The van der Waals surface area contributed by atoms with Gasteiger partial charge in [0, 0.05) is 0 Å². The molecule has 102 valence electrons. The number of carbonyl (C=O) groups is 2. The van der Waals surface area contributed by atoms with E-state index in [0.29, 0.717) is 24.3 Å². The van der Waals surface area contributed by atoms with Gasteiger partial charge in [-0.1, -0.05) is 6.07 Å². The molecule has 2 N–H and O–H groups in total. The molecule has 19 heavy (non-hydrogen) atoms. The first-order valence-corrected chi connectivity index (χ1v) is 6.06. The molecule has 1 aliphatic heterocycles. The zero-order valence-electron chi connectivity index (χ0n) is 11.2. The van der Waals surface area contributed by atoms with E-state index in [1.807, 2.05) is 6.07 Å². The molecule has 0 aliphatic carbocycles. The maximum absolute atomic E-state index is 11.4. The number of ether oxygens (including phenoxy) is 1. The molecule has 0 fully saturated rings. The predicted molar refractivity (Wildman–Crippen MR) is 70.4 cm³/mol. The summed E-state index contributed by atoms with van der Waals surface area (Å²) in [5, 5.41) is 11.9. The molecule has 1 amide bonds. The smallest absolute Gasteiger partial charge is 0.309 e. The van der Waals surface area contributed by atoms with Crippen molar-refractivity contribution in [3.8, 4) is 5.75 Å². The number of hydrogen-bond acceptors (Lipinski definition) is 3. The van der Waals surface area contributed by atoms with Crippen LogP contribution in [0.2, 0.25) is 0 Å². The summed E-state index contributed by atoms with van der Waals surface area (Å²) in [7, 11) is 1.53. The lowest BCUT2D eigenvalue weighted by Crippen LogP contribution is -2.26. The lowest BCUT2D eigenvalue weighted by atomic mass is 9.85. The van der Waals surface area contributed by atoms with Crippen molar-refractivity contribution in [1.29, 1.82) is 0 Å². The highest BCUT2D eigenvalue weighted by Gasteiger charge is 2.29. The van der Waals surface area contributed by atoms with E-state index in [4.69, 9.17) is 9.84 Å². The van der Waals surface area contributed by atoms with Crippen molar-refractivity contribution >= 4 is 17.6 Å². The average Bonchev–Trinajstić information content (AvgIpc) is 2.67. The highest BCUT2D eigenvalue weighted by molar-refractivity contribution is 6.01. The summed E-state index contributed by atoms with van der Waals surface area (Å²) < 4.78 is 5.26. The molecule has 0 aromatic heterocycles. The minimum atomic E-state index is -0.852. The average molecular weight is 263 g/mol. The van der Waals surface area contributed by atoms with E-state index in [9.17, 15) is 9.59 Å². The van der Waals surface area contributed by atoms with Crippen molar-refractivity contribution in [2.24, 2.45) is 5.41 Å². The molecular weight excluding hydrogens is 246 g/mol. The van der Waals surface area contributed by atoms with Gasteiger partial charge < -0.3 is 15.2 Å². The molecule has 5 heteroatoms. The highest BCUT2D eigenvalue weighted by Crippen LogP contribution is 2.36. The summed E-state index contributed by atoms with van der Waals surface area (Å²) in [4.78, 5) is 22.6. The van der Waals surface area contributed by atoms with E-state index in [-0.39, 0.29) is 5.91 Å². The highest BCUT2D eigenvalue weighted by atomic mass is 16.5. The van der Waals surface area contributed by atoms with Gasteiger partial charge >= 0.3 is 5.97 Å². The molecular formula is C14H17NO4. The summed E-state index contributed by atoms with van der Waals surface area (Å²) in [5.41, 5.74) is 1.57. The number of anilines is 1. The molecule has 0 bridgehead atoms. The number of hydrogen-bond donors (Lipinski definition) is 2. The van der Waals surface area contributed by atoms with Crippen LogP contribution in [0.15, 0.2) is 12.1 Å². The van der Waals surface area contributed by atoms with Crippen LogP contribution in [0.3, 0.4) is 0 Å². The lowest BCUT2D eigenvalue weighted by molar-refractivity contribution is -0.146. The first-order valence-electron chi connectivity index (χ1n) is 6.06. The summed E-state index contributed by atoms with van der Waals surface area (Å²) in [6, 6.07) is 3.66. The number of methoxy groups -OCH3 is 1. The second-order valence-electron chi connectivity index (χ2n) is 5.42. The number of amides is 1. The van der Waals surface area contributed by atoms with Gasteiger partial charge in [0.2, 0.25) is 5.91 Å². The van der Waals surface area contributed by atoms with Crippen molar-refractivity contribution in [3.63, 3.8) is 0 Å². The fraction of sp³-hybridized carbons (Fsp3) is 0.429. The Hall–Kier alpha value is -2.04. The van der Waals surface area contributed by atoms with Gasteiger partial charge in [-0.25, -0.2) is 0 Å². The molecule has 0 saturated carbocycles. The van der Waals surface area contributed by atoms with E-state index < -0.39 is 11.4 Å². The number of aliphatic carboxylic acids is 1. The van der Waals surface area contributed by atoms with Gasteiger partial charge in [0.25, 0.3) is 0 Å². The minimum absolute atomic E-state index is 0.0667. The van der Waals surface area contributed by atoms with Gasteiger partial charge in [0.05, 0.1) is 24.6 Å². The first kappa shape index (κ1) is 13.4. The van der Waals surface area contributed by atoms with Crippen LogP contribution in [0.1, 0.15) is 25.0 Å². The van der Waals surface area contributed by atoms with Crippen molar-refractivity contribution in [3.05, 3.63) is 23.3 Å². The topological polar surface area (TPSA) is 75.6 Å². The van der Waals surface area contributed by atoms with Crippen molar-refractivity contribution in [2.75, 3.05) is 12.4 Å². The summed E-state index contributed by atoms with van der Waals surface area (Å²) >= 11 is 0. The summed E-state index contributed by atoms with van der Waals surface area (Å²) in [5.74, 6) is -0.330. The third-order valence-electron chi connectivity index (χ3n) is 3.30. The van der Waals surface area contributed by atoms with E-state index >= 15 is 0 Å². The van der Waals surface area contributed by atoms with Crippen molar-refractivity contribution in [2.45, 2.75) is 26.7 Å². The number of fused-ring (bicyclic) bond motifs is 1. The molecule has 1 heterocycles. The Morgan fingerprint density at radius 2 is 2.16 bits per heavy atom. The second kappa shape index (κ2) is 4.57. The molecule has 0 saturated heterocycles. The number of nitrogens with one attached hydrogen (secondary N) is 1. The molecule has 2 rings (SSSR count). The minimum Gasteiger partial charge on any atom is -0.495 e. The van der Waals surface area contributed by atoms with Crippen LogP contribution >= 0.6 is 0 Å². The number of benzene rings is 1. The Bertz CT molecular complexity index is 549. The first-order chi connectivity index (χ1) is 8.83. The Balaban J connectivity index is 2.37. The van der Waals surface area contributed by atoms with Crippen LogP contribution in [-0.2, 0) is 22.4 Å². The van der Waals surface area contributed by atoms with Crippen LogP contribution in [0.25, 0.3) is 0 Å². The summed E-state index contributed by atoms with van der Waals surface area (Å²) in [6.45, 7) is 3.36. The van der Waals surface area contributed by atoms with Crippen molar-refractivity contribution < 1.29 is 19.4 Å². The molecule has 0 unspecified atom stereocenters. The van der Waals surface area contributed by atoms with Crippen LogP contribution in [0.4, 0.5) is 5.69 Å². The van der Waals surface area contributed by atoms with E-state index in [1.165, 1.54) is 7.11 Å². The van der Waals surface area contributed by atoms with E-state index in [0.717, 1.165) is 11.1 Å². The van der Waals surface area contributed by atoms with Gasteiger partial charge in [0.15, 0.2) is 0 Å². The fourth-order valence-electron chi connectivity index (χ4n) is 2.22. The molecule has 0 spiro atoms. The van der Waals surface area contributed by atoms with Crippen molar-refractivity contribution in [1.82, 2.24) is 0 Å². The molecule has 5 nitrogen and oxygen atoms in total. The zero-order valence-corrected chi connectivity index (χ0v) is 11.2. The fourth-order valence-corrected chi connectivity index (χ4v) is 2.22. The maximum Gasteiger partial charge on any atom is 0.309 e. The molecule has 0 atom stereocenters. The molecule has 0 radical (unpaired) electrons.